The molecule has 2 N–H and O–H groups in total. The van der Waals surface area contributed by atoms with Gasteiger partial charge in [0.25, 0.3) is 0 Å². The molecule has 0 saturated heterocycles. The van der Waals surface area contributed by atoms with Gasteiger partial charge >= 0.3 is 0 Å². The number of rotatable bonds is 5. The van der Waals surface area contributed by atoms with Crippen LogP contribution in [0, 0.1) is 0 Å². The molecule has 5 heteroatoms. The lowest BCUT2D eigenvalue weighted by Gasteiger charge is -2.13. The predicted octanol–water partition coefficient (Wildman–Crippen LogP) is 2.14. The zero-order valence-corrected chi connectivity index (χ0v) is 12.7. The normalized spacial score (nSPS) is 14.8. The summed E-state index contributed by atoms with van der Waals surface area (Å²) in [5, 5.41) is 5.66. The smallest absolute Gasteiger partial charge is 0.233 e. The van der Waals surface area contributed by atoms with Crippen LogP contribution in [0.3, 0.4) is 0 Å². The van der Waals surface area contributed by atoms with Gasteiger partial charge in [0.15, 0.2) is 0 Å². The number of nitrogens with zero attached hydrogens (tertiary/aromatic N) is 1. The van der Waals surface area contributed by atoms with Crippen molar-refractivity contribution in [2.24, 2.45) is 0 Å². The van der Waals surface area contributed by atoms with Crippen molar-refractivity contribution >= 4 is 23.2 Å². The molecule has 0 spiro atoms. The Morgan fingerprint density at radius 1 is 1.10 bits per heavy atom. The minimum Gasteiger partial charge on any atom is -0.378 e. The maximum atomic E-state index is 11.8. The summed E-state index contributed by atoms with van der Waals surface area (Å²) in [7, 11) is 3.92. The van der Waals surface area contributed by atoms with E-state index in [2.05, 4.69) is 10.6 Å². The Morgan fingerprint density at radius 3 is 2.29 bits per heavy atom. The second-order valence-corrected chi connectivity index (χ2v) is 5.72. The van der Waals surface area contributed by atoms with Gasteiger partial charge in [-0.05, 0) is 37.1 Å². The Labute approximate surface area is 125 Å². The monoisotopic (exact) mass is 289 g/mol. The minimum absolute atomic E-state index is 0.119. The van der Waals surface area contributed by atoms with Gasteiger partial charge in [-0.2, -0.15) is 0 Å². The summed E-state index contributed by atoms with van der Waals surface area (Å²) in [6.45, 7) is 0. The van der Waals surface area contributed by atoms with Crippen LogP contribution >= 0.6 is 0 Å². The fraction of sp³-hybridized carbons (Fsp3) is 0.500. The highest BCUT2D eigenvalue weighted by Gasteiger charge is 2.18. The van der Waals surface area contributed by atoms with E-state index in [1.165, 1.54) is 0 Å². The fourth-order valence-electron chi connectivity index (χ4n) is 2.54. The molecule has 2 rings (SSSR count). The van der Waals surface area contributed by atoms with Crippen molar-refractivity contribution in [1.29, 1.82) is 0 Å². The first kappa shape index (κ1) is 15.4. The second kappa shape index (κ2) is 7.11. The standard InChI is InChI=1S/C16H23N3O2/c1-19(2)14-9-7-13(8-10-14)18-16(21)11-15(20)17-12-5-3-4-6-12/h7-10,12H,3-6,11H2,1-2H3,(H,17,20)(H,18,21). The molecule has 0 atom stereocenters. The van der Waals surface area contributed by atoms with Crippen LogP contribution in [-0.2, 0) is 9.59 Å². The fourth-order valence-corrected chi connectivity index (χ4v) is 2.54. The number of anilines is 2. The summed E-state index contributed by atoms with van der Waals surface area (Å²) in [6.07, 6.45) is 4.26. The number of hydrogen-bond donors (Lipinski definition) is 2. The van der Waals surface area contributed by atoms with E-state index in [0.717, 1.165) is 31.4 Å². The molecule has 0 unspecified atom stereocenters. The largest absolute Gasteiger partial charge is 0.378 e. The van der Waals surface area contributed by atoms with Crippen LogP contribution in [0.2, 0.25) is 0 Å². The van der Waals surface area contributed by atoms with Gasteiger partial charge in [-0.15, -0.1) is 0 Å². The number of carbonyl (C=O) groups is 2. The van der Waals surface area contributed by atoms with E-state index in [1.807, 2.05) is 43.3 Å². The third kappa shape index (κ3) is 4.77. The van der Waals surface area contributed by atoms with Crippen LogP contribution in [0.4, 0.5) is 11.4 Å². The molecular formula is C16H23N3O2. The van der Waals surface area contributed by atoms with Gasteiger partial charge in [0, 0.05) is 31.5 Å². The molecule has 0 aromatic heterocycles. The van der Waals surface area contributed by atoms with E-state index < -0.39 is 0 Å². The number of amides is 2. The lowest BCUT2D eigenvalue weighted by Crippen LogP contribution is -2.35. The molecule has 0 radical (unpaired) electrons. The van der Waals surface area contributed by atoms with Crippen molar-refractivity contribution in [3.63, 3.8) is 0 Å². The third-order valence-corrected chi connectivity index (χ3v) is 3.71. The molecule has 1 fully saturated rings. The predicted molar refractivity (Wildman–Crippen MR) is 84.4 cm³/mol. The number of carbonyl (C=O) groups excluding carboxylic acids is 2. The van der Waals surface area contributed by atoms with Gasteiger partial charge in [-0.3, -0.25) is 9.59 Å². The lowest BCUT2D eigenvalue weighted by atomic mass is 10.2. The Morgan fingerprint density at radius 2 is 1.71 bits per heavy atom. The topological polar surface area (TPSA) is 61.4 Å². The van der Waals surface area contributed by atoms with E-state index in [4.69, 9.17) is 0 Å². The van der Waals surface area contributed by atoms with Crippen molar-refractivity contribution in [2.75, 3.05) is 24.3 Å². The van der Waals surface area contributed by atoms with Gasteiger partial charge in [-0.1, -0.05) is 12.8 Å². The Kier molecular flexibility index (Phi) is 5.20. The highest BCUT2D eigenvalue weighted by molar-refractivity contribution is 6.03. The van der Waals surface area contributed by atoms with Gasteiger partial charge in [-0.25, -0.2) is 0 Å². The number of hydrogen-bond acceptors (Lipinski definition) is 3. The van der Waals surface area contributed by atoms with Gasteiger partial charge in [0.05, 0.1) is 0 Å². The quantitative estimate of drug-likeness (QED) is 0.816. The summed E-state index contributed by atoms with van der Waals surface area (Å²) >= 11 is 0. The second-order valence-electron chi connectivity index (χ2n) is 5.72. The van der Waals surface area contributed by atoms with E-state index in [1.54, 1.807) is 0 Å². The molecule has 1 aliphatic carbocycles. The van der Waals surface area contributed by atoms with Gasteiger partial charge in [0.2, 0.25) is 11.8 Å². The molecule has 5 nitrogen and oxygen atoms in total. The highest BCUT2D eigenvalue weighted by atomic mass is 16.2. The molecule has 1 aliphatic rings. The zero-order chi connectivity index (χ0) is 15.2. The van der Waals surface area contributed by atoms with Crippen LogP contribution in [-0.4, -0.2) is 32.0 Å². The van der Waals surface area contributed by atoms with Crippen LogP contribution in [0.5, 0.6) is 0 Å². The van der Waals surface area contributed by atoms with E-state index >= 15 is 0 Å². The summed E-state index contributed by atoms with van der Waals surface area (Å²) < 4.78 is 0. The first-order valence-corrected chi connectivity index (χ1v) is 7.41. The molecule has 1 aromatic carbocycles. The van der Waals surface area contributed by atoms with Crippen LogP contribution in [0.25, 0.3) is 0 Å². The summed E-state index contributed by atoms with van der Waals surface area (Å²) in [5.74, 6) is -0.465. The highest BCUT2D eigenvalue weighted by Crippen LogP contribution is 2.18. The van der Waals surface area contributed by atoms with Gasteiger partial charge < -0.3 is 15.5 Å². The molecule has 114 valence electrons. The molecule has 0 bridgehead atoms. The molecule has 21 heavy (non-hydrogen) atoms. The van der Waals surface area contributed by atoms with Crippen molar-refractivity contribution in [3.05, 3.63) is 24.3 Å². The first-order valence-electron chi connectivity index (χ1n) is 7.41. The van der Waals surface area contributed by atoms with Crippen LogP contribution in [0.15, 0.2) is 24.3 Å². The maximum Gasteiger partial charge on any atom is 0.233 e. The van der Waals surface area contributed by atoms with Crippen molar-refractivity contribution < 1.29 is 9.59 Å². The number of nitrogens with one attached hydrogen (secondary N) is 2. The zero-order valence-electron chi connectivity index (χ0n) is 12.7. The SMILES string of the molecule is CN(C)c1ccc(NC(=O)CC(=O)NC2CCCC2)cc1. The molecular weight excluding hydrogens is 266 g/mol. The lowest BCUT2D eigenvalue weighted by molar-refractivity contribution is -0.127. The van der Waals surface area contributed by atoms with E-state index in [9.17, 15) is 9.59 Å². The summed E-state index contributed by atoms with van der Waals surface area (Å²) in [5.41, 5.74) is 1.77. The molecule has 0 aliphatic heterocycles. The van der Waals surface area contributed by atoms with Crippen LogP contribution in [0.1, 0.15) is 32.1 Å². The molecule has 1 aromatic rings. The van der Waals surface area contributed by atoms with E-state index in [0.29, 0.717) is 5.69 Å². The van der Waals surface area contributed by atoms with Crippen molar-refractivity contribution in [2.45, 2.75) is 38.1 Å². The maximum absolute atomic E-state index is 11.8. The molecule has 2 amide bonds. The van der Waals surface area contributed by atoms with E-state index in [-0.39, 0.29) is 24.3 Å². The summed E-state index contributed by atoms with van der Waals surface area (Å²) in [6, 6.07) is 7.77. The Balaban J connectivity index is 1.79. The third-order valence-electron chi connectivity index (χ3n) is 3.71. The first-order chi connectivity index (χ1) is 10.0. The van der Waals surface area contributed by atoms with Crippen molar-refractivity contribution in [3.8, 4) is 0 Å². The van der Waals surface area contributed by atoms with Crippen LogP contribution < -0.4 is 15.5 Å². The Hall–Kier alpha value is -2.04. The molecule has 0 heterocycles. The number of benzene rings is 1. The minimum atomic E-state index is -0.275. The molecule has 1 saturated carbocycles. The van der Waals surface area contributed by atoms with Gasteiger partial charge in [0.1, 0.15) is 6.42 Å². The Bertz CT molecular complexity index is 491. The van der Waals surface area contributed by atoms with Crippen molar-refractivity contribution in [1.82, 2.24) is 5.32 Å². The average molecular weight is 289 g/mol. The summed E-state index contributed by atoms with van der Waals surface area (Å²) in [4.78, 5) is 25.6. The average Bonchev–Trinajstić information content (AvgIpc) is 2.91.